The average Bonchev–Trinajstić information content (AvgIpc) is 3.23. The Balaban J connectivity index is 1.68. The number of hydrogen-bond donors (Lipinski definition) is 2. The van der Waals surface area contributed by atoms with Gasteiger partial charge in [-0.15, -0.1) is 10.2 Å². The molecule has 1 heterocycles. The van der Waals surface area contributed by atoms with Crippen LogP contribution in [0.5, 0.6) is 17.2 Å². The van der Waals surface area contributed by atoms with E-state index in [0.29, 0.717) is 16.5 Å². The summed E-state index contributed by atoms with van der Waals surface area (Å²) in [5.41, 5.74) is 3.16. The molecule has 0 saturated carbocycles. The lowest BCUT2D eigenvalue weighted by Crippen LogP contribution is -2.05. The lowest BCUT2D eigenvalue weighted by Gasteiger charge is -2.11. The largest absolute Gasteiger partial charge is 0.504 e. The van der Waals surface area contributed by atoms with Gasteiger partial charge in [0.25, 0.3) is 0 Å². The van der Waals surface area contributed by atoms with Gasteiger partial charge in [0.15, 0.2) is 28.3 Å². The van der Waals surface area contributed by atoms with E-state index in [1.54, 1.807) is 7.11 Å². The maximum atomic E-state index is 12.6. The Bertz CT molecular complexity index is 1270. The van der Waals surface area contributed by atoms with E-state index in [1.165, 1.54) is 30.0 Å². The summed E-state index contributed by atoms with van der Waals surface area (Å²) in [7, 11) is 1.61. The Kier molecular flexibility index (Phi) is 6.13. The Labute approximate surface area is 189 Å². The number of thioether (sulfide) groups is 1. The van der Waals surface area contributed by atoms with Crippen LogP contribution >= 0.6 is 11.8 Å². The van der Waals surface area contributed by atoms with Crippen LogP contribution in [-0.4, -0.2) is 43.6 Å². The second kappa shape index (κ2) is 9.15. The summed E-state index contributed by atoms with van der Waals surface area (Å²) in [5, 5.41) is 28.4. The van der Waals surface area contributed by atoms with Crippen molar-refractivity contribution < 1.29 is 19.7 Å². The van der Waals surface area contributed by atoms with Crippen molar-refractivity contribution in [2.24, 2.45) is 0 Å². The maximum absolute atomic E-state index is 12.6. The highest BCUT2D eigenvalue weighted by molar-refractivity contribution is 7.99. The number of nitrogens with zero attached hydrogens (tertiary/aromatic N) is 3. The van der Waals surface area contributed by atoms with E-state index in [2.05, 4.69) is 10.2 Å². The molecular weight excluding hydrogens is 426 g/mol. The van der Waals surface area contributed by atoms with Gasteiger partial charge in [0.2, 0.25) is 0 Å². The molecule has 0 aliphatic carbocycles. The highest BCUT2D eigenvalue weighted by Gasteiger charge is 2.18. The second-order valence-corrected chi connectivity index (χ2v) is 8.07. The zero-order valence-corrected chi connectivity index (χ0v) is 18.3. The smallest absolute Gasteiger partial charge is 0.196 e. The van der Waals surface area contributed by atoms with Crippen LogP contribution in [0.3, 0.4) is 0 Å². The molecule has 8 heteroatoms. The quantitative estimate of drug-likeness (QED) is 0.242. The van der Waals surface area contributed by atoms with E-state index >= 15 is 0 Å². The van der Waals surface area contributed by atoms with Gasteiger partial charge in [-0.05, 0) is 55.5 Å². The zero-order valence-electron chi connectivity index (χ0n) is 17.5. The fourth-order valence-corrected chi connectivity index (χ4v) is 4.06. The van der Waals surface area contributed by atoms with Gasteiger partial charge >= 0.3 is 0 Å². The summed E-state index contributed by atoms with van der Waals surface area (Å²) in [5.74, 6) is 0.685. The lowest BCUT2D eigenvalue weighted by molar-refractivity contribution is 0.102. The lowest BCUT2D eigenvalue weighted by atomic mass is 10.1. The number of aromatic hydroxyl groups is 2. The van der Waals surface area contributed by atoms with Crippen LogP contribution in [0.2, 0.25) is 0 Å². The highest BCUT2D eigenvalue weighted by atomic mass is 32.2. The molecule has 32 heavy (non-hydrogen) atoms. The van der Waals surface area contributed by atoms with Crippen molar-refractivity contribution in [3.05, 3.63) is 77.9 Å². The second-order valence-electron chi connectivity index (χ2n) is 7.12. The molecule has 0 unspecified atom stereocenters. The molecule has 0 aliphatic heterocycles. The molecule has 0 amide bonds. The number of hydrogen-bond acceptors (Lipinski definition) is 7. The van der Waals surface area contributed by atoms with Gasteiger partial charge < -0.3 is 14.9 Å². The first-order valence-corrected chi connectivity index (χ1v) is 10.8. The number of Topliss-reactive ketones (excluding diaryl/α,β-unsaturated/α-hetero) is 1. The Morgan fingerprint density at radius 2 is 1.78 bits per heavy atom. The molecule has 0 fully saturated rings. The van der Waals surface area contributed by atoms with E-state index in [4.69, 9.17) is 4.74 Å². The SMILES string of the molecule is COc1ccc(-n2c(SCC(=O)c3ccc(O)c(O)c3)nnc2-c2cccc(C)c2)cc1. The van der Waals surface area contributed by atoms with Gasteiger partial charge in [0, 0.05) is 16.8 Å². The van der Waals surface area contributed by atoms with Crippen LogP contribution in [0.15, 0.2) is 71.9 Å². The van der Waals surface area contributed by atoms with Crippen LogP contribution in [0.1, 0.15) is 15.9 Å². The normalized spacial score (nSPS) is 10.8. The van der Waals surface area contributed by atoms with E-state index < -0.39 is 0 Å². The van der Waals surface area contributed by atoms with Crippen molar-refractivity contribution in [2.75, 3.05) is 12.9 Å². The molecule has 4 aromatic rings. The maximum Gasteiger partial charge on any atom is 0.196 e. The van der Waals surface area contributed by atoms with Crippen LogP contribution in [0.25, 0.3) is 17.1 Å². The van der Waals surface area contributed by atoms with E-state index in [1.807, 2.05) is 60.0 Å². The number of benzene rings is 3. The van der Waals surface area contributed by atoms with Crippen LogP contribution in [0, 0.1) is 6.92 Å². The average molecular weight is 448 g/mol. The van der Waals surface area contributed by atoms with Crippen molar-refractivity contribution in [3.8, 4) is 34.3 Å². The van der Waals surface area contributed by atoms with Crippen molar-refractivity contribution >= 4 is 17.5 Å². The van der Waals surface area contributed by atoms with Crippen molar-refractivity contribution in [1.29, 1.82) is 0 Å². The number of methoxy groups -OCH3 is 1. The standard InChI is InChI=1S/C24H21N3O4S/c1-15-4-3-5-17(12-15)23-25-26-24(27(23)18-7-9-19(31-2)10-8-18)32-14-22(30)16-6-11-20(28)21(29)13-16/h3-13,28-29H,14H2,1-2H3. The molecule has 0 saturated heterocycles. The molecule has 0 aliphatic rings. The fourth-order valence-electron chi connectivity index (χ4n) is 3.21. The number of ether oxygens (including phenoxy) is 1. The highest BCUT2D eigenvalue weighted by Crippen LogP contribution is 2.30. The number of rotatable bonds is 7. The van der Waals surface area contributed by atoms with Crippen LogP contribution < -0.4 is 4.74 Å². The number of carbonyl (C=O) groups is 1. The van der Waals surface area contributed by atoms with Crippen LogP contribution in [-0.2, 0) is 0 Å². The third kappa shape index (κ3) is 4.45. The Hall–Kier alpha value is -3.78. The van der Waals surface area contributed by atoms with E-state index in [0.717, 1.165) is 22.6 Å². The molecule has 3 aromatic carbocycles. The number of ketones is 1. The molecule has 2 N–H and O–H groups in total. The predicted molar refractivity (Wildman–Crippen MR) is 123 cm³/mol. The predicted octanol–water partition coefficient (Wildman–Crippen LogP) is 4.64. The van der Waals surface area contributed by atoms with E-state index in [-0.39, 0.29) is 23.0 Å². The topological polar surface area (TPSA) is 97.5 Å². The minimum atomic E-state index is -0.330. The van der Waals surface area contributed by atoms with Crippen LogP contribution in [0.4, 0.5) is 0 Å². The summed E-state index contributed by atoms with van der Waals surface area (Å²) in [4.78, 5) is 12.6. The van der Waals surface area contributed by atoms with E-state index in [9.17, 15) is 15.0 Å². The molecular formula is C24H21N3O4S. The summed E-state index contributed by atoms with van der Waals surface area (Å²) in [6.07, 6.45) is 0. The number of phenols is 2. The Morgan fingerprint density at radius 1 is 1.00 bits per heavy atom. The minimum Gasteiger partial charge on any atom is -0.504 e. The first kappa shape index (κ1) is 21.5. The summed E-state index contributed by atoms with van der Waals surface area (Å²) >= 11 is 1.25. The molecule has 4 rings (SSSR count). The number of phenolic OH excluding ortho intramolecular Hbond substituents is 2. The van der Waals surface area contributed by atoms with Gasteiger partial charge in [-0.2, -0.15) is 0 Å². The monoisotopic (exact) mass is 447 g/mol. The third-order valence-corrected chi connectivity index (χ3v) is 5.80. The molecule has 0 radical (unpaired) electrons. The minimum absolute atomic E-state index is 0.0896. The fraction of sp³-hybridized carbons (Fsp3) is 0.125. The van der Waals surface area contributed by atoms with Crippen molar-refractivity contribution in [1.82, 2.24) is 14.8 Å². The van der Waals surface area contributed by atoms with Gasteiger partial charge in [0.05, 0.1) is 12.9 Å². The molecule has 162 valence electrons. The molecule has 7 nitrogen and oxygen atoms in total. The number of carbonyl (C=O) groups excluding carboxylic acids is 1. The molecule has 1 aromatic heterocycles. The molecule has 0 spiro atoms. The van der Waals surface area contributed by atoms with Crippen molar-refractivity contribution in [2.45, 2.75) is 12.1 Å². The first-order valence-electron chi connectivity index (χ1n) is 9.81. The molecule has 0 atom stereocenters. The van der Waals surface area contributed by atoms with Gasteiger partial charge in [-0.3, -0.25) is 9.36 Å². The zero-order chi connectivity index (χ0) is 22.7. The summed E-state index contributed by atoms with van der Waals surface area (Å²) < 4.78 is 7.17. The molecule has 0 bridgehead atoms. The summed E-state index contributed by atoms with van der Waals surface area (Å²) in [6.45, 7) is 2.01. The third-order valence-electron chi connectivity index (χ3n) is 4.87. The van der Waals surface area contributed by atoms with Gasteiger partial charge in [-0.1, -0.05) is 35.5 Å². The van der Waals surface area contributed by atoms with Gasteiger partial charge in [0.1, 0.15) is 5.75 Å². The Morgan fingerprint density at radius 3 is 2.47 bits per heavy atom. The first-order chi connectivity index (χ1) is 15.5. The summed E-state index contributed by atoms with van der Waals surface area (Å²) in [6, 6.07) is 19.5. The number of aromatic nitrogens is 3. The number of aryl methyl sites for hydroxylation is 1. The van der Waals surface area contributed by atoms with Gasteiger partial charge in [-0.25, -0.2) is 0 Å². The van der Waals surface area contributed by atoms with Crippen molar-refractivity contribution in [3.63, 3.8) is 0 Å².